The molecule has 20 heavy (non-hydrogen) atoms. The van der Waals surface area contributed by atoms with E-state index in [1.807, 2.05) is 30.3 Å². The lowest BCUT2D eigenvalue weighted by Gasteiger charge is -2.12. The van der Waals surface area contributed by atoms with Crippen LogP contribution in [-0.4, -0.2) is 19.5 Å². The van der Waals surface area contributed by atoms with Crippen LogP contribution in [0.2, 0.25) is 0 Å². The summed E-state index contributed by atoms with van der Waals surface area (Å²) in [5.74, 6) is 1.31. The van der Waals surface area contributed by atoms with Crippen LogP contribution < -0.4 is 9.47 Å². The predicted molar refractivity (Wildman–Crippen MR) is 76.6 cm³/mol. The fraction of sp³-hybridized carbons (Fsp3) is 0.235. The van der Waals surface area contributed by atoms with E-state index in [0.717, 1.165) is 5.56 Å². The van der Waals surface area contributed by atoms with Crippen molar-refractivity contribution in [1.82, 2.24) is 0 Å². The Balaban J connectivity index is 2.00. The molecular weight excluding hydrogens is 252 g/mol. The zero-order valence-corrected chi connectivity index (χ0v) is 11.3. The zero-order valence-electron chi connectivity index (χ0n) is 11.3. The van der Waals surface area contributed by atoms with Gasteiger partial charge < -0.3 is 9.47 Å². The Morgan fingerprint density at radius 2 is 1.95 bits per heavy atom. The van der Waals surface area contributed by atoms with E-state index in [4.69, 9.17) is 9.47 Å². The fourth-order valence-electron chi connectivity index (χ4n) is 2.56. The number of carbonyl (C=O) groups excluding carboxylic acids is 1. The number of rotatable bonds is 2. The van der Waals surface area contributed by atoms with E-state index in [0.29, 0.717) is 30.1 Å². The third-order valence-electron chi connectivity index (χ3n) is 3.64. The second-order valence-corrected chi connectivity index (χ2v) is 4.83. The maximum absolute atomic E-state index is 12.7. The Hall–Kier alpha value is -2.29. The Morgan fingerprint density at radius 1 is 1.15 bits per heavy atom. The van der Waals surface area contributed by atoms with Crippen LogP contribution in [0.3, 0.4) is 0 Å². The van der Waals surface area contributed by atoms with Crippen LogP contribution in [0.15, 0.2) is 48.5 Å². The minimum absolute atomic E-state index is 0.117. The summed E-state index contributed by atoms with van der Waals surface area (Å²) in [6.07, 6.45) is 0.694. The summed E-state index contributed by atoms with van der Waals surface area (Å²) in [4.78, 5) is 12.7. The van der Waals surface area contributed by atoms with Crippen molar-refractivity contribution in [2.45, 2.75) is 12.3 Å². The van der Waals surface area contributed by atoms with Crippen molar-refractivity contribution in [3.63, 3.8) is 0 Å². The van der Waals surface area contributed by atoms with Gasteiger partial charge in [-0.25, -0.2) is 0 Å². The largest absolute Gasteiger partial charge is 0.497 e. The van der Waals surface area contributed by atoms with Crippen LogP contribution in [0.25, 0.3) is 0 Å². The summed E-state index contributed by atoms with van der Waals surface area (Å²) >= 11 is 0. The maximum atomic E-state index is 12.7. The number of Topliss-reactive ketones (excluding diaryl/α,β-unsaturated/α-hetero) is 1. The highest BCUT2D eigenvalue weighted by Gasteiger charge is 2.27. The van der Waals surface area contributed by atoms with Crippen LogP contribution in [0.5, 0.6) is 11.5 Å². The lowest BCUT2D eigenvalue weighted by molar-refractivity contribution is 0.0958. The topological polar surface area (TPSA) is 35.5 Å². The van der Waals surface area contributed by atoms with E-state index in [2.05, 4.69) is 0 Å². The highest BCUT2D eigenvalue weighted by molar-refractivity contribution is 6.03. The second kappa shape index (κ2) is 5.37. The quantitative estimate of drug-likeness (QED) is 0.837. The first-order valence-electron chi connectivity index (χ1n) is 6.69. The van der Waals surface area contributed by atoms with E-state index in [1.54, 1.807) is 25.3 Å². The van der Waals surface area contributed by atoms with Gasteiger partial charge in [0.15, 0.2) is 5.78 Å². The molecule has 1 aliphatic heterocycles. The molecule has 0 bridgehead atoms. The van der Waals surface area contributed by atoms with E-state index in [-0.39, 0.29) is 11.7 Å². The van der Waals surface area contributed by atoms with Crippen molar-refractivity contribution < 1.29 is 14.3 Å². The van der Waals surface area contributed by atoms with Gasteiger partial charge in [0.05, 0.1) is 25.2 Å². The highest BCUT2D eigenvalue weighted by atomic mass is 16.5. The lowest BCUT2D eigenvalue weighted by Crippen LogP contribution is -2.12. The minimum Gasteiger partial charge on any atom is -0.497 e. The van der Waals surface area contributed by atoms with Crippen LogP contribution in [0.1, 0.15) is 28.3 Å². The molecule has 0 saturated carbocycles. The summed E-state index contributed by atoms with van der Waals surface area (Å²) in [5, 5.41) is 0. The molecule has 1 unspecified atom stereocenters. The third kappa shape index (κ3) is 2.27. The molecule has 0 aromatic heterocycles. The van der Waals surface area contributed by atoms with Gasteiger partial charge in [-0.05, 0) is 24.1 Å². The smallest absolute Gasteiger partial charge is 0.174 e. The summed E-state index contributed by atoms with van der Waals surface area (Å²) in [5.41, 5.74) is 1.68. The molecule has 0 radical (unpaired) electrons. The first kappa shape index (κ1) is 12.7. The van der Waals surface area contributed by atoms with Crippen molar-refractivity contribution in [1.29, 1.82) is 0 Å². The van der Waals surface area contributed by atoms with Gasteiger partial charge in [0, 0.05) is 6.07 Å². The van der Waals surface area contributed by atoms with Gasteiger partial charge in [0.25, 0.3) is 0 Å². The predicted octanol–water partition coefficient (Wildman–Crippen LogP) is 3.44. The molecule has 0 amide bonds. The molecule has 0 fully saturated rings. The van der Waals surface area contributed by atoms with Gasteiger partial charge in [0.1, 0.15) is 11.5 Å². The molecule has 0 aliphatic carbocycles. The monoisotopic (exact) mass is 268 g/mol. The molecule has 0 N–H and O–H groups in total. The van der Waals surface area contributed by atoms with Gasteiger partial charge in [-0.2, -0.15) is 0 Å². The van der Waals surface area contributed by atoms with Gasteiger partial charge in [0.2, 0.25) is 0 Å². The van der Waals surface area contributed by atoms with E-state index < -0.39 is 0 Å². The van der Waals surface area contributed by atoms with E-state index in [1.165, 1.54) is 0 Å². The molecule has 3 rings (SSSR count). The number of ketones is 1. The van der Waals surface area contributed by atoms with Crippen LogP contribution in [0.4, 0.5) is 0 Å². The number of hydrogen-bond acceptors (Lipinski definition) is 3. The summed E-state index contributed by atoms with van der Waals surface area (Å²) in [6.45, 7) is 0.533. The minimum atomic E-state index is -0.133. The molecule has 0 spiro atoms. The number of benzene rings is 2. The van der Waals surface area contributed by atoms with Gasteiger partial charge in [-0.15, -0.1) is 0 Å². The molecule has 3 nitrogen and oxygen atoms in total. The molecule has 1 heterocycles. The van der Waals surface area contributed by atoms with Gasteiger partial charge in [-0.1, -0.05) is 30.3 Å². The Morgan fingerprint density at radius 3 is 2.70 bits per heavy atom. The standard InChI is InChI=1S/C17H16O3/c1-19-13-7-8-15-16(11-13)20-10-9-14(17(15)18)12-5-3-2-4-6-12/h2-8,11,14H,9-10H2,1H3. The van der Waals surface area contributed by atoms with Crippen molar-refractivity contribution in [3.8, 4) is 11.5 Å². The fourth-order valence-corrected chi connectivity index (χ4v) is 2.56. The SMILES string of the molecule is COc1ccc2c(c1)OCCC(c1ccccc1)C2=O. The molecular formula is C17H16O3. The second-order valence-electron chi connectivity index (χ2n) is 4.83. The number of ether oxygens (including phenoxy) is 2. The van der Waals surface area contributed by atoms with Crippen molar-refractivity contribution in [3.05, 3.63) is 59.7 Å². The normalized spacial score (nSPS) is 17.9. The summed E-state index contributed by atoms with van der Waals surface area (Å²) in [6, 6.07) is 15.2. The van der Waals surface area contributed by atoms with Crippen molar-refractivity contribution in [2.75, 3.05) is 13.7 Å². The number of hydrogen-bond donors (Lipinski definition) is 0. The van der Waals surface area contributed by atoms with E-state index in [9.17, 15) is 4.79 Å². The van der Waals surface area contributed by atoms with E-state index >= 15 is 0 Å². The Kier molecular flexibility index (Phi) is 3.42. The van der Waals surface area contributed by atoms with Crippen LogP contribution >= 0.6 is 0 Å². The summed E-state index contributed by atoms with van der Waals surface area (Å²) in [7, 11) is 1.60. The molecule has 102 valence electrons. The zero-order chi connectivity index (χ0) is 13.9. The maximum Gasteiger partial charge on any atom is 0.174 e. The molecule has 1 atom stereocenters. The third-order valence-corrected chi connectivity index (χ3v) is 3.64. The first-order valence-corrected chi connectivity index (χ1v) is 6.69. The Bertz CT molecular complexity index is 619. The Labute approximate surface area is 118 Å². The first-order chi connectivity index (χ1) is 9.79. The van der Waals surface area contributed by atoms with Gasteiger partial charge in [-0.3, -0.25) is 4.79 Å². The molecule has 0 saturated heterocycles. The molecule has 2 aromatic rings. The number of carbonyl (C=O) groups is 1. The number of methoxy groups -OCH3 is 1. The summed E-state index contributed by atoms with van der Waals surface area (Å²) < 4.78 is 10.9. The molecule has 3 heteroatoms. The van der Waals surface area contributed by atoms with Crippen LogP contribution in [-0.2, 0) is 0 Å². The van der Waals surface area contributed by atoms with Crippen molar-refractivity contribution >= 4 is 5.78 Å². The van der Waals surface area contributed by atoms with Crippen LogP contribution in [0, 0.1) is 0 Å². The lowest BCUT2D eigenvalue weighted by atomic mass is 9.89. The molecule has 1 aliphatic rings. The average Bonchev–Trinajstić information content (AvgIpc) is 2.67. The van der Waals surface area contributed by atoms with Crippen molar-refractivity contribution in [2.24, 2.45) is 0 Å². The average molecular weight is 268 g/mol. The molecule has 2 aromatic carbocycles. The highest BCUT2D eigenvalue weighted by Crippen LogP contribution is 2.34. The number of fused-ring (bicyclic) bond motifs is 1. The van der Waals surface area contributed by atoms with Gasteiger partial charge >= 0.3 is 0 Å².